The summed E-state index contributed by atoms with van der Waals surface area (Å²) < 4.78 is 57.0. The van der Waals surface area contributed by atoms with E-state index < -0.39 is 23.3 Å². The number of hydrogen-bond acceptors (Lipinski definition) is 2. The Morgan fingerprint density at radius 1 is 0.950 bits per heavy atom. The number of hydrogen-bond donors (Lipinski definition) is 1. The summed E-state index contributed by atoms with van der Waals surface area (Å²) in [6, 6.07) is 5.95. The van der Waals surface area contributed by atoms with Crippen molar-refractivity contribution in [3.05, 3.63) is 59.2 Å². The van der Waals surface area contributed by atoms with E-state index in [-0.39, 0.29) is 18.0 Å². The molecule has 0 unspecified atom stereocenters. The maximum absolute atomic E-state index is 13.4. The lowest BCUT2D eigenvalue weighted by molar-refractivity contribution is 0.386. The largest absolute Gasteiger partial charge is 0.494 e. The highest BCUT2D eigenvalue weighted by Gasteiger charge is 2.10. The Morgan fingerprint density at radius 2 is 1.60 bits per heavy atom. The van der Waals surface area contributed by atoms with Crippen molar-refractivity contribution in [2.24, 2.45) is 0 Å². The lowest BCUT2D eigenvalue weighted by Gasteiger charge is -2.09. The first-order valence-electron chi connectivity index (χ1n) is 5.72. The van der Waals surface area contributed by atoms with Crippen LogP contribution in [0.2, 0.25) is 0 Å². The second kappa shape index (κ2) is 5.81. The molecule has 2 rings (SSSR count). The summed E-state index contributed by atoms with van der Waals surface area (Å²) in [5.74, 6) is -4.52. The van der Waals surface area contributed by atoms with Crippen LogP contribution in [0.1, 0.15) is 5.56 Å². The molecule has 0 saturated carbocycles. The van der Waals surface area contributed by atoms with Gasteiger partial charge in [0.25, 0.3) is 0 Å². The lowest BCUT2D eigenvalue weighted by Crippen LogP contribution is -2.02. The molecule has 0 spiro atoms. The minimum atomic E-state index is -1.52. The zero-order valence-electron chi connectivity index (χ0n) is 10.5. The monoisotopic (exact) mass is 285 g/mol. The molecule has 0 fully saturated rings. The second-order valence-corrected chi connectivity index (χ2v) is 4.08. The molecule has 0 aliphatic heterocycles. The SMILES string of the molecule is COc1ccc(CNc2cc(F)c(F)c(F)c2)cc1F. The molecule has 2 aromatic rings. The number of rotatable bonds is 4. The van der Waals surface area contributed by atoms with Gasteiger partial charge in [0, 0.05) is 24.4 Å². The van der Waals surface area contributed by atoms with Crippen LogP contribution < -0.4 is 10.1 Å². The third-order valence-electron chi connectivity index (χ3n) is 2.70. The van der Waals surface area contributed by atoms with Crippen LogP contribution in [0.3, 0.4) is 0 Å². The van der Waals surface area contributed by atoms with Gasteiger partial charge in [0.15, 0.2) is 29.0 Å². The van der Waals surface area contributed by atoms with Gasteiger partial charge in [-0.15, -0.1) is 0 Å². The molecular weight excluding hydrogens is 274 g/mol. The molecule has 6 heteroatoms. The van der Waals surface area contributed by atoms with Crippen molar-refractivity contribution >= 4 is 5.69 Å². The molecule has 0 aromatic heterocycles. The Morgan fingerprint density at radius 3 is 2.15 bits per heavy atom. The molecule has 106 valence electrons. The zero-order valence-corrected chi connectivity index (χ0v) is 10.5. The first kappa shape index (κ1) is 14.2. The molecule has 2 aromatic carbocycles. The van der Waals surface area contributed by atoms with Crippen molar-refractivity contribution in [1.82, 2.24) is 0 Å². The van der Waals surface area contributed by atoms with Crippen molar-refractivity contribution < 1.29 is 22.3 Å². The van der Waals surface area contributed by atoms with Crippen molar-refractivity contribution in [3.63, 3.8) is 0 Å². The Bertz CT molecular complexity index is 608. The van der Waals surface area contributed by atoms with Gasteiger partial charge in [-0.25, -0.2) is 17.6 Å². The van der Waals surface area contributed by atoms with E-state index >= 15 is 0 Å². The summed E-state index contributed by atoms with van der Waals surface area (Å²) in [6.45, 7) is 0.130. The first-order valence-corrected chi connectivity index (χ1v) is 5.72. The van der Waals surface area contributed by atoms with E-state index in [1.165, 1.54) is 19.2 Å². The Balaban J connectivity index is 2.11. The van der Waals surface area contributed by atoms with Gasteiger partial charge in [0.05, 0.1) is 7.11 Å². The predicted molar refractivity (Wildman–Crippen MR) is 66.6 cm³/mol. The average Bonchev–Trinajstić information content (AvgIpc) is 2.42. The topological polar surface area (TPSA) is 21.3 Å². The normalized spacial score (nSPS) is 10.4. The first-order chi connectivity index (χ1) is 9.51. The van der Waals surface area contributed by atoms with Crippen molar-refractivity contribution in [1.29, 1.82) is 0 Å². The molecule has 0 heterocycles. The Labute approximate surface area is 113 Å². The second-order valence-electron chi connectivity index (χ2n) is 4.08. The van der Waals surface area contributed by atoms with Crippen LogP contribution in [0, 0.1) is 23.3 Å². The Kier molecular flexibility index (Phi) is 4.12. The van der Waals surface area contributed by atoms with E-state index in [0.29, 0.717) is 5.56 Å². The van der Waals surface area contributed by atoms with E-state index in [9.17, 15) is 17.6 Å². The summed E-state index contributed by atoms with van der Waals surface area (Å²) in [7, 11) is 1.35. The summed E-state index contributed by atoms with van der Waals surface area (Å²) in [5, 5.41) is 2.68. The molecule has 0 aliphatic rings. The van der Waals surface area contributed by atoms with Gasteiger partial charge < -0.3 is 10.1 Å². The number of ether oxygens (including phenoxy) is 1. The highest BCUT2D eigenvalue weighted by atomic mass is 19.2. The molecule has 2 nitrogen and oxygen atoms in total. The van der Waals surface area contributed by atoms with Crippen molar-refractivity contribution in [2.45, 2.75) is 6.54 Å². The van der Waals surface area contributed by atoms with Crippen LogP contribution in [-0.4, -0.2) is 7.11 Å². The lowest BCUT2D eigenvalue weighted by atomic mass is 10.2. The minimum Gasteiger partial charge on any atom is -0.494 e. The standard InChI is InChI=1S/C14H11F4NO/c1-20-13-3-2-8(4-10(13)15)7-19-9-5-11(16)14(18)12(17)6-9/h2-6,19H,7H2,1H3. The fourth-order valence-corrected chi connectivity index (χ4v) is 1.68. The van der Waals surface area contributed by atoms with E-state index in [1.54, 1.807) is 6.07 Å². The molecule has 0 aliphatic carbocycles. The molecule has 0 amide bonds. The van der Waals surface area contributed by atoms with Gasteiger partial charge in [-0.05, 0) is 17.7 Å². The molecule has 20 heavy (non-hydrogen) atoms. The predicted octanol–water partition coefficient (Wildman–Crippen LogP) is 3.86. The van der Waals surface area contributed by atoms with Crippen molar-refractivity contribution in [2.75, 3.05) is 12.4 Å². The summed E-state index contributed by atoms with van der Waals surface area (Å²) in [5.41, 5.74) is 0.617. The van der Waals surface area contributed by atoms with E-state index in [1.807, 2.05) is 0 Å². The molecule has 0 radical (unpaired) electrons. The molecule has 0 bridgehead atoms. The number of halogens is 4. The van der Waals surface area contributed by atoms with Crippen LogP contribution in [0.5, 0.6) is 5.75 Å². The van der Waals surface area contributed by atoms with Crippen LogP contribution in [0.25, 0.3) is 0 Å². The van der Waals surface area contributed by atoms with Gasteiger partial charge in [0.1, 0.15) is 0 Å². The summed E-state index contributed by atoms with van der Waals surface area (Å²) >= 11 is 0. The maximum Gasteiger partial charge on any atom is 0.194 e. The highest BCUT2D eigenvalue weighted by Crippen LogP contribution is 2.20. The number of benzene rings is 2. The minimum absolute atomic E-state index is 0.0672. The van der Waals surface area contributed by atoms with Gasteiger partial charge in [-0.2, -0.15) is 0 Å². The van der Waals surface area contributed by atoms with Crippen LogP contribution in [-0.2, 0) is 6.54 Å². The van der Waals surface area contributed by atoms with Gasteiger partial charge in [-0.1, -0.05) is 6.07 Å². The van der Waals surface area contributed by atoms with E-state index in [2.05, 4.69) is 5.32 Å². The summed E-state index contributed by atoms with van der Waals surface area (Å²) in [6.07, 6.45) is 0. The Hall–Kier alpha value is -2.24. The van der Waals surface area contributed by atoms with Gasteiger partial charge in [-0.3, -0.25) is 0 Å². The molecule has 1 N–H and O–H groups in total. The van der Waals surface area contributed by atoms with E-state index in [4.69, 9.17) is 4.74 Å². The highest BCUT2D eigenvalue weighted by molar-refractivity contribution is 5.45. The molecular formula is C14H11F4NO. The van der Waals surface area contributed by atoms with Gasteiger partial charge in [0.2, 0.25) is 0 Å². The third kappa shape index (κ3) is 3.01. The smallest absolute Gasteiger partial charge is 0.194 e. The molecule has 0 saturated heterocycles. The fraction of sp³-hybridized carbons (Fsp3) is 0.143. The number of methoxy groups -OCH3 is 1. The number of nitrogens with one attached hydrogen (secondary N) is 1. The molecule has 0 atom stereocenters. The van der Waals surface area contributed by atoms with E-state index in [0.717, 1.165) is 12.1 Å². The van der Waals surface area contributed by atoms with Gasteiger partial charge >= 0.3 is 0 Å². The van der Waals surface area contributed by atoms with Crippen molar-refractivity contribution in [3.8, 4) is 5.75 Å². The third-order valence-corrected chi connectivity index (χ3v) is 2.70. The number of anilines is 1. The van der Waals surface area contributed by atoms with Crippen LogP contribution in [0.15, 0.2) is 30.3 Å². The zero-order chi connectivity index (χ0) is 14.7. The quantitative estimate of drug-likeness (QED) is 0.680. The average molecular weight is 285 g/mol. The fourth-order valence-electron chi connectivity index (χ4n) is 1.68. The summed E-state index contributed by atoms with van der Waals surface area (Å²) in [4.78, 5) is 0. The van der Waals surface area contributed by atoms with Crippen LogP contribution in [0.4, 0.5) is 23.2 Å². The van der Waals surface area contributed by atoms with Crippen LogP contribution >= 0.6 is 0 Å². The maximum atomic E-state index is 13.4.